The maximum atomic E-state index is 11.2. The van der Waals surface area contributed by atoms with Crippen LogP contribution in [-0.4, -0.2) is 138 Å². The van der Waals surface area contributed by atoms with E-state index in [2.05, 4.69) is 0 Å². The number of rotatable bonds is 8. The number of ether oxygens (including phenoxy) is 2. The summed E-state index contributed by atoms with van der Waals surface area (Å²) < 4.78 is 21.9. The van der Waals surface area contributed by atoms with E-state index in [0.29, 0.717) is 0 Å². The van der Waals surface area contributed by atoms with Crippen LogP contribution in [0.3, 0.4) is 0 Å². The second-order valence-electron chi connectivity index (χ2n) is 6.91. The summed E-state index contributed by atoms with van der Waals surface area (Å²) in [4.78, 5) is 19.4. The molecule has 2 aliphatic rings. The van der Waals surface area contributed by atoms with Crippen molar-refractivity contribution in [2.75, 3.05) is 32.5 Å². The van der Waals surface area contributed by atoms with Crippen molar-refractivity contribution in [2.45, 2.75) is 55.0 Å². The number of nitrogens with zero attached hydrogens (tertiary/aromatic N) is 1. The van der Waals surface area contributed by atoms with Gasteiger partial charge in [-0.1, -0.05) is 0 Å². The van der Waals surface area contributed by atoms with Crippen LogP contribution in [0, 0.1) is 0 Å². The Morgan fingerprint density at radius 2 is 1.46 bits per heavy atom. The second-order valence-corrected chi connectivity index (χ2v) is 8.69. The average molecular weight is 433 g/mol. The SMILES string of the molecule is O=P(O)(O)CCN1[C@H](CO)[C@@H](O)[C@H](O[C@H]2O[C@H](CO)[C@@H](O)[C@H](O)[C@H]2O)[C@H]1CO. The van der Waals surface area contributed by atoms with Gasteiger partial charge in [0.1, 0.15) is 30.5 Å². The molecule has 14 heteroatoms. The molecule has 0 aliphatic carbocycles. The van der Waals surface area contributed by atoms with E-state index in [1.54, 1.807) is 0 Å². The first-order chi connectivity index (χ1) is 13.1. The van der Waals surface area contributed by atoms with Crippen LogP contribution >= 0.6 is 7.60 Å². The lowest BCUT2D eigenvalue weighted by Gasteiger charge is -2.41. The maximum absolute atomic E-state index is 11.2. The average Bonchev–Trinajstić information content (AvgIpc) is 2.90. The van der Waals surface area contributed by atoms with Crippen molar-refractivity contribution < 1.29 is 59.6 Å². The highest BCUT2D eigenvalue weighted by Gasteiger charge is 2.52. The quantitative estimate of drug-likeness (QED) is 0.164. The van der Waals surface area contributed by atoms with Gasteiger partial charge in [0.2, 0.25) is 0 Å². The standard InChI is InChI=1S/C14H28NO12P/c16-3-6-9(19)13(7(4-17)15(6)1-2-28(23,24)25)27-14-12(22)11(21)10(20)8(5-18)26-14/h6-14,16-22H,1-5H2,(H2,23,24,25)/t6-,7-,8-,9-,10-,11+,12-,13-,14-/m1/s1. The lowest BCUT2D eigenvalue weighted by atomic mass is 9.99. The van der Waals surface area contributed by atoms with Crippen molar-refractivity contribution in [3.05, 3.63) is 0 Å². The molecular formula is C14H28NO12P. The lowest BCUT2D eigenvalue weighted by Crippen LogP contribution is -2.60. The van der Waals surface area contributed by atoms with E-state index in [0.717, 1.165) is 0 Å². The van der Waals surface area contributed by atoms with Crippen LogP contribution in [0.1, 0.15) is 0 Å². The summed E-state index contributed by atoms with van der Waals surface area (Å²) in [6.45, 7) is -2.16. The highest BCUT2D eigenvalue weighted by atomic mass is 31.2. The topological polar surface area (TPSA) is 221 Å². The van der Waals surface area contributed by atoms with Crippen molar-refractivity contribution in [1.29, 1.82) is 0 Å². The van der Waals surface area contributed by atoms with Gasteiger partial charge in [0, 0.05) is 6.54 Å². The van der Waals surface area contributed by atoms with Crippen LogP contribution in [0.25, 0.3) is 0 Å². The van der Waals surface area contributed by atoms with E-state index in [1.807, 2.05) is 0 Å². The van der Waals surface area contributed by atoms with Gasteiger partial charge in [0.05, 0.1) is 44.2 Å². The number of aliphatic hydroxyl groups excluding tert-OH is 7. The van der Waals surface area contributed by atoms with Crippen molar-refractivity contribution in [3.8, 4) is 0 Å². The molecule has 0 unspecified atom stereocenters. The molecule has 166 valence electrons. The van der Waals surface area contributed by atoms with Crippen LogP contribution in [0.5, 0.6) is 0 Å². The molecule has 2 saturated heterocycles. The predicted octanol–water partition coefficient (Wildman–Crippen LogP) is -5.25. The van der Waals surface area contributed by atoms with Gasteiger partial charge in [-0.2, -0.15) is 0 Å². The zero-order valence-corrected chi connectivity index (χ0v) is 15.8. The van der Waals surface area contributed by atoms with Gasteiger partial charge >= 0.3 is 7.60 Å². The van der Waals surface area contributed by atoms with E-state index in [9.17, 15) is 40.3 Å². The summed E-state index contributed by atoms with van der Waals surface area (Å²) >= 11 is 0. The number of aliphatic hydroxyl groups is 7. The first-order valence-corrected chi connectivity index (χ1v) is 10.5. The smallest absolute Gasteiger partial charge is 0.326 e. The van der Waals surface area contributed by atoms with Crippen LogP contribution in [0.4, 0.5) is 0 Å². The summed E-state index contributed by atoms with van der Waals surface area (Å²) in [7, 11) is -4.38. The molecule has 28 heavy (non-hydrogen) atoms. The van der Waals surface area contributed by atoms with Crippen molar-refractivity contribution in [1.82, 2.24) is 4.90 Å². The zero-order chi connectivity index (χ0) is 21.2. The molecule has 0 amide bonds. The molecule has 0 saturated carbocycles. The maximum Gasteiger partial charge on any atom is 0.326 e. The zero-order valence-electron chi connectivity index (χ0n) is 14.9. The second kappa shape index (κ2) is 9.71. The molecule has 2 heterocycles. The molecule has 2 fully saturated rings. The third kappa shape index (κ3) is 5.08. The van der Waals surface area contributed by atoms with Gasteiger partial charge in [-0.3, -0.25) is 9.46 Å². The Labute approximate surface area is 160 Å². The van der Waals surface area contributed by atoms with Gasteiger partial charge in [-0.15, -0.1) is 0 Å². The molecule has 9 N–H and O–H groups in total. The van der Waals surface area contributed by atoms with Crippen molar-refractivity contribution in [3.63, 3.8) is 0 Å². The Balaban J connectivity index is 2.17. The van der Waals surface area contributed by atoms with E-state index < -0.39 is 88.6 Å². The highest BCUT2D eigenvalue weighted by molar-refractivity contribution is 7.51. The number of hydrogen-bond acceptors (Lipinski definition) is 11. The minimum absolute atomic E-state index is 0.258. The van der Waals surface area contributed by atoms with Crippen LogP contribution in [0.2, 0.25) is 0 Å². The van der Waals surface area contributed by atoms with Crippen molar-refractivity contribution in [2.24, 2.45) is 0 Å². The van der Waals surface area contributed by atoms with E-state index in [-0.39, 0.29) is 6.54 Å². The molecule has 9 atom stereocenters. The molecule has 0 bridgehead atoms. The Hall–Kier alpha value is -0.250. The minimum Gasteiger partial charge on any atom is -0.395 e. The first kappa shape index (κ1) is 24.0. The highest BCUT2D eigenvalue weighted by Crippen LogP contribution is 2.37. The van der Waals surface area contributed by atoms with E-state index in [1.165, 1.54) is 4.90 Å². The van der Waals surface area contributed by atoms with Gasteiger partial charge in [0.15, 0.2) is 6.29 Å². The van der Waals surface area contributed by atoms with E-state index >= 15 is 0 Å². The largest absolute Gasteiger partial charge is 0.395 e. The molecule has 13 nitrogen and oxygen atoms in total. The normalized spacial score (nSPS) is 42.8. The molecule has 0 aromatic heterocycles. The molecule has 2 aliphatic heterocycles. The summed E-state index contributed by atoms with van der Waals surface area (Å²) in [5.74, 6) is 0. The Morgan fingerprint density at radius 3 is 1.96 bits per heavy atom. The Kier molecular flexibility index (Phi) is 8.33. The Bertz CT molecular complexity index is 546. The third-order valence-electron chi connectivity index (χ3n) is 5.13. The first-order valence-electron chi connectivity index (χ1n) is 8.71. The van der Waals surface area contributed by atoms with Crippen LogP contribution in [-0.2, 0) is 14.0 Å². The third-order valence-corrected chi connectivity index (χ3v) is 5.91. The number of likely N-dealkylation sites (tertiary alicyclic amines) is 1. The molecule has 0 aromatic carbocycles. The minimum atomic E-state index is -4.38. The van der Waals surface area contributed by atoms with E-state index in [4.69, 9.17) is 19.3 Å². The summed E-state index contributed by atoms with van der Waals surface area (Å²) in [5.41, 5.74) is 0. The van der Waals surface area contributed by atoms with Crippen LogP contribution in [0.15, 0.2) is 0 Å². The molecule has 0 spiro atoms. The summed E-state index contributed by atoms with van der Waals surface area (Å²) in [6, 6.07) is -2.02. The summed E-state index contributed by atoms with van der Waals surface area (Å²) in [6.07, 6.45) is -11.1. The molecule has 2 rings (SSSR count). The predicted molar refractivity (Wildman–Crippen MR) is 90.0 cm³/mol. The molecule has 0 aromatic rings. The lowest BCUT2D eigenvalue weighted by molar-refractivity contribution is -0.317. The number of hydrogen-bond donors (Lipinski definition) is 9. The fourth-order valence-electron chi connectivity index (χ4n) is 3.58. The van der Waals surface area contributed by atoms with Gasteiger partial charge in [-0.25, -0.2) is 0 Å². The van der Waals surface area contributed by atoms with Crippen LogP contribution < -0.4 is 0 Å². The monoisotopic (exact) mass is 433 g/mol. The van der Waals surface area contributed by atoms with Gasteiger partial charge < -0.3 is 55.0 Å². The van der Waals surface area contributed by atoms with Gasteiger partial charge in [0.25, 0.3) is 0 Å². The fraction of sp³-hybridized carbons (Fsp3) is 1.00. The van der Waals surface area contributed by atoms with Gasteiger partial charge in [-0.05, 0) is 0 Å². The Morgan fingerprint density at radius 1 is 0.857 bits per heavy atom. The summed E-state index contributed by atoms with van der Waals surface area (Å²) in [5, 5.41) is 68.7. The molecular weight excluding hydrogens is 405 g/mol. The molecule has 0 radical (unpaired) electrons. The fourth-order valence-corrected chi connectivity index (χ4v) is 4.07. The van der Waals surface area contributed by atoms with Crippen molar-refractivity contribution >= 4 is 7.60 Å².